The average Bonchev–Trinajstić information content (AvgIpc) is 3.42. The summed E-state index contributed by atoms with van der Waals surface area (Å²) in [5, 5.41) is 57.0. The molecule has 1 rings (SSSR count). The Bertz CT molecular complexity index is 1330. The molecular weight excluding hydrogens is 955 g/mol. The number of amides is 1. The molecule has 0 saturated carbocycles. The van der Waals surface area contributed by atoms with Gasteiger partial charge < -0.3 is 45.1 Å². The van der Waals surface area contributed by atoms with Crippen molar-refractivity contribution in [2.24, 2.45) is 0 Å². The van der Waals surface area contributed by atoms with Crippen molar-refractivity contribution in [3.8, 4) is 0 Å². The number of rotatable bonds is 56. The highest BCUT2D eigenvalue weighted by Crippen LogP contribution is 2.26. The Labute approximate surface area is 467 Å². The number of allylic oxidation sites excluding steroid dienone is 3. The zero-order valence-electron chi connectivity index (χ0n) is 49.6. The van der Waals surface area contributed by atoms with E-state index >= 15 is 0 Å². The molecule has 6 N–H and O–H groups in total. The molecule has 1 amide bonds. The third-order valence-electron chi connectivity index (χ3n) is 15.6. The normalized spacial score (nSPS) is 19.2. The van der Waals surface area contributed by atoms with Crippen LogP contribution in [0.3, 0.4) is 0 Å². The number of nitrogens with one attached hydrogen (secondary N) is 1. The SMILES string of the molecule is CCCCCCCC/C=C\CCCCCC(=O)OC1C(OCC(NC(=O)C(O)CCCCCCCCCCCCCCCCCCCCCCCC)C(O)/C=C/CCCCCCCCCCCC)OC(CO)C(O)C1O. The van der Waals surface area contributed by atoms with Crippen LogP contribution >= 0.6 is 0 Å². The number of ether oxygens (including phenoxy) is 3. The van der Waals surface area contributed by atoms with Gasteiger partial charge in [-0.1, -0.05) is 283 Å². The largest absolute Gasteiger partial charge is 0.454 e. The van der Waals surface area contributed by atoms with Gasteiger partial charge in [0.2, 0.25) is 5.91 Å². The summed E-state index contributed by atoms with van der Waals surface area (Å²) in [7, 11) is 0. The van der Waals surface area contributed by atoms with E-state index in [2.05, 4.69) is 38.2 Å². The van der Waals surface area contributed by atoms with Crippen LogP contribution in [0.15, 0.2) is 24.3 Å². The predicted molar refractivity (Wildman–Crippen MR) is 315 cm³/mol. The summed E-state index contributed by atoms with van der Waals surface area (Å²) in [6.45, 7) is 5.80. The second-order valence-corrected chi connectivity index (χ2v) is 22.9. The monoisotopic (exact) mass is 1080 g/mol. The van der Waals surface area contributed by atoms with E-state index in [4.69, 9.17) is 14.2 Å². The van der Waals surface area contributed by atoms with Gasteiger partial charge in [-0.25, -0.2) is 0 Å². The van der Waals surface area contributed by atoms with Crippen molar-refractivity contribution >= 4 is 11.9 Å². The standard InChI is InChI=1S/C65H123NO10/c1-4-7-10-13-16-19-22-25-26-27-28-29-30-31-32-33-35-37-40-43-46-49-52-58(69)64(73)66-56(57(68)51-48-45-42-39-36-24-21-18-15-12-9-6-3)55-74-65-63(62(72)61(71)59(54-67)75-65)76-60(70)53-50-47-44-41-38-34-23-20-17-14-11-8-5-2/h34,38,48,51,56-59,61-63,65,67-69,71-72H,4-33,35-37,39-47,49-50,52-55H2,1-3H3,(H,66,73)/b38-34-,51-48+. The lowest BCUT2D eigenvalue weighted by atomic mass is 9.99. The van der Waals surface area contributed by atoms with Gasteiger partial charge in [-0.05, 0) is 51.4 Å². The van der Waals surface area contributed by atoms with Crippen molar-refractivity contribution in [3.63, 3.8) is 0 Å². The minimum absolute atomic E-state index is 0.107. The van der Waals surface area contributed by atoms with E-state index in [1.54, 1.807) is 6.08 Å². The second kappa shape index (κ2) is 53.8. The van der Waals surface area contributed by atoms with E-state index in [-0.39, 0.29) is 13.0 Å². The molecule has 76 heavy (non-hydrogen) atoms. The van der Waals surface area contributed by atoms with Crippen molar-refractivity contribution in [1.82, 2.24) is 5.32 Å². The van der Waals surface area contributed by atoms with Crippen LogP contribution in [0.5, 0.6) is 0 Å². The van der Waals surface area contributed by atoms with E-state index in [0.29, 0.717) is 19.3 Å². The van der Waals surface area contributed by atoms with Gasteiger partial charge >= 0.3 is 5.97 Å². The fourth-order valence-electron chi connectivity index (χ4n) is 10.4. The van der Waals surface area contributed by atoms with Crippen LogP contribution in [-0.2, 0) is 23.8 Å². The highest BCUT2D eigenvalue weighted by Gasteiger charge is 2.47. The molecule has 0 aromatic heterocycles. The fraction of sp³-hybridized carbons (Fsp3) is 0.908. The summed E-state index contributed by atoms with van der Waals surface area (Å²) < 4.78 is 17.6. The first-order chi connectivity index (χ1) is 37.2. The Morgan fingerprint density at radius 2 is 0.868 bits per heavy atom. The second-order valence-electron chi connectivity index (χ2n) is 22.9. The molecule has 8 unspecified atom stereocenters. The van der Waals surface area contributed by atoms with Crippen molar-refractivity contribution < 1.29 is 49.3 Å². The molecule has 448 valence electrons. The van der Waals surface area contributed by atoms with Crippen LogP contribution in [0.1, 0.15) is 316 Å². The van der Waals surface area contributed by atoms with E-state index in [9.17, 15) is 35.1 Å². The molecule has 0 bridgehead atoms. The lowest BCUT2D eigenvalue weighted by molar-refractivity contribution is -0.305. The van der Waals surface area contributed by atoms with E-state index in [0.717, 1.165) is 64.2 Å². The average molecular weight is 1080 g/mol. The highest BCUT2D eigenvalue weighted by molar-refractivity contribution is 5.80. The van der Waals surface area contributed by atoms with Crippen LogP contribution in [0.4, 0.5) is 0 Å². The number of unbranched alkanes of at least 4 members (excludes halogenated alkanes) is 40. The lowest BCUT2D eigenvalue weighted by Gasteiger charge is -2.41. The first-order valence-corrected chi connectivity index (χ1v) is 32.6. The number of aliphatic hydroxyl groups excluding tert-OH is 5. The molecule has 1 aliphatic heterocycles. The maximum absolute atomic E-state index is 13.4. The predicted octanol–water partition coefficient (Wildman–Crippen LogP) is 15.7. The molecule has 1 aliphatic rings. The summed E-state index contributed by atoms with van der Waals surface area (Å²) in [6.07, 6.45) is 52.3. The Balaban J connectivity index is 2.61. The molecule has 8 atom stereocenters. The van der Waals surface area contributed by atoms with Crippen LogP contribution in [0, 0.1) is 0 Å². The van der Waals surface area contributed by atoms with Crippen molar-refractivity contribution in [2.45, 2.75) is 365 Å². The van der Waals surface area contributed by atoms with Crippen molar-refractivity contribution in [3.05, 3.63) is 24.3 Å². The first-order valence-electron chi connectivity index (χ1n) is 32.6. The minimum Gasteiger partial charge on any atom is -0.454 e. The van der Waals surface area contributed by atoms with Gasteiger partial charge in [-0.3, -0.25) is 9.59 Å². The zero-order chi connectivity index (χ0) is 55.4. The number of carbonyl (C=O) groups excluding carboxylic acids is 2. The quantitative estimate of drug-likeness (QED) is 0.0195. The molecular formula is C65H123NO10. The van der Waals surface area contributed by atoms with Gasteiger partial charge in [0.05, 0.1) is 25.4 Å². The van der Waals surface area contributed by atoms with Crippen LogP contribution in [-0.4, -0.2) is 99.6 Å². The Hall–Kier alpha value is -1.86. The smallest absolute Gasteiger partial charge is 0.306 e. The summed E-state index contributed by atoms with van der Waals surface area (Å²) in [5.74, 6) is -1.20. The van der Waals surface area contributed by atoms with Gasteiger partial charge in [0.25, 0.3) is 0 Å². The van der Waals surface area contributed by atoms with Crippen LogP contribution < -0.4 is 5.32 Å². The number of esters is 1. The van der Waals surface area contributed by atoms with Gasteiger partial charge in [0.15, 0.2) is 12.4 Å². The molecule has 0 aromatic carbocycles. The number of hydrogen-bond acceptors (Lipinski definition) is 10. The molecule has 1 saturated heterocycles. The summed E-state index contributed by atoms with van der Waals surface area (Å²) in [5.41, 5.74) is 0. The van der Waals surface area contributed by atoms with Gasteiger partial charge in [0, 0.05) is 6.42 Å². The molecule has 0 aliphatic carbocycles. The molecule has 0 spiro atoms. The number of aliphatic hydroxyl groups is 5. The molecule has 1 heterocycles. The minimum atomic E-state index is -1.61. The van der Waals surface area contributed by atoms with Crippen molar-refractivity contribution in [2.75, 3.05) is 13.2 Å². The van der Waals surface area contributed by atoms with Crippen LogP contribution in [0.25, 0.3) is 0 Å². The van der Waals surface area contributed by atoms with Crippen molar-refractivity contribution in [1.29, 1.82) is 0 Å². The van der Waals surface area contributed by atoms with Crippen LogP contribution in [0.2, 0.25) is 0 Å². The molecule has 1 fully saturated rings. The maximum atomic E-state index is 13.4. The maximum Gasteiger partial charge on any atom is 0.306 e. The van der Waals surface area contributed by atoms with E-state index in [1.807, 2.05) is 6.08 Å². The first kappa shape index (κ1) is 72.2. The fourth-order valence-corrected chi connectivity index (χ4v) is 10.4. The van der Waals surface area contributed by atoms with E-state index in [1.165, 1.54) is 205 Å². The third kappa shape index (κ3) is 41.2. The highest BCUT2D eigenvalue weighted by atomic mass is 16.7. The molecule has 11 heteroatoms. The van der Waals surface area contributed by atoms with Gasteiger partial charge in [-0.2, -0.15) is 0 Å². The number of carbonyl (C=O) groups is 2. The Kier molecular flexibility index (Phi) is 51.0. The summed E-state index contributed by atoms with van der Waals surface area (Å²) in [4.78, 5) is 26.5. The Morgan fingerprint density at radius 1 is 0.500 bits per heavy atom. The molecule has 0 aromatic rings. The summed E-state index contributed by atoms with van der Waals surface area (Å²) >= 11 is 0. The Morgan fingerprint density at radius 3 is 1.28 bits per heavy atom. The lowest BCUT2D eigenvalue weighted by Crippen LogP contribution is -2.61. The van der Waals surface area contributed by atoms with Gasteiger partial charge in [-0.15, -0.1) is 0 Å². The van der Waals surface area contributed by atoms with Gasteiger partial charge in [0.1, 0.15) is 24.4 Å². The zero-order valence-corrected chi connectivity index (χ0v) is 49.6. The third-order valence-corrected chi connectivity index (χ3v) is 15.6. The summed E-state index contributed by atoms with van der Waals surface area (Å²) in [6, 6.07) is -1.02. The molecule has 11 nitrogen and oxygen atoms in total. The topological polar surface area (TPSA) is 175 Å². The van der Waals surface area contributed by atoms with E-state index < -0.39 is 67.4 Å². The number of hydrogen-bond donors (Lipinski definition) is 6. The molecule has 0 radical (unpaired) electrons.